The van der Waals surface area contributed by atoms with E-state index in [4.69, 9.17) is 5.73 Å². The van der Waals surface area contributed by atoms with Gasteiger partial charge in [0, 0.05) is 23.5 Å². The van der Waals surface area contributed by atoms with E-state index in [0.717, 1.165) is 5.56 Å². The van der Waals surface area contributed by atoms with Crippen LogP contribution in [-0.2, 0) is 5.54 Å². The Labute approximate surface area is 97.3 Å². The van der Waals surface area contributed by atoms with E-state index in [1.54, 1.807) is 12.4 Å². The topological polar surface area (TPSA) is 51.8 Å². The maximum Gasteiger partial charge on any atom is 0.391 e. The van der Waals surface area contributed by atoms with Gasteiger partial charge in [0.05, 0.1) is 5.92 Å². The van der Waals surface area contributed by atoms with Crippen LogP contribution in [0.25, 0.3) is 0 Å². The molecule has 1 aliphatic rings. The lowest BCUT2D eigenvalue weighted by Crippen LogP contribution is -2.43. The van der Waals surface area contributed by atoms with Crippen LogP contribution in [0, 0.1) is 5.92 Å². The molecule has 0 spiro atoms. The van der Waals surface area contributed by atoms with Crippen LogP contribution in [0.4, 0.5) is 13.2 Å². The molecule has 0 amide bonds. The van der Waals surface area contributed by atoms with Crippen LogP contribution in [0.5, 0.6) is 0 Å². The Morgan fingerprint density at radius 1 is 1.18 bits per heavy atom. The number of hydrogen-bond donors (Lipinski definition) is 1. The number of hydrogen-bond acceptors (Lipinski definition) is 3. The molecule has 2 rings (SSSR count). The number of alkyl halides is 3. The highest BCUT2D eigenvalue weighted by Gasteiger charge is 2.45. The molecule has 0 unspecified atom stereocenters. The zero-order valence-corrected chi connectivity index (χ0v) is 9.24. The minimum absolute atomic E-state index is 0.0783. The van der Waals surface area contributed by atoms with Crippen molar-refractivity contribution in [3.63, 3.8) is 0 Å². The van der Waals surface area contributed by atoms with Gasteiger partial charge < -0.3 is 5.73 Å². The van der Waals surface area contributed by atoms with E-state index in [0.29, 0.717) is 12.8 Å². The SMILES string of the molecule is NC1(c2cncnc2)CCC(C(F)(F)F)CC1. The van der Waals surface area contributed by atoms with Crippen molar-refractivity contribution in [3.05, 3.63) is 24.3 Å². The second kappa shape index (κ2) is 4.25. The molecule has 1 aromatic heterocycles. The van der Waals surface area contributed by atoms with Gasteiger partial charge >= 0.3 is 6.18 Å². The highest BCUT2D eigenvalue weighted by Crippen LogP contribution is 2.43. The van der Waals surface area contributed by atoms with Crippen LogP contribution in [0.1, 0.15) is 31.2 Å². The van der Waals surface area contributed by atoms with Gasteiger partial charge in [0.25, 0.3) is 0 Å². The second-order valence-corrected chi connectivity index (χ2v) is 4.60. The molecule has 1 heterocycles. The summed E-state index contributed by atoms with van der Waals surface area (Å²) in [6.45, 7) is 0. The Balaban J connectivity index is 2.08. The van der Waals surface area contributed by atoms with Crippen molar-refractivity contribution in [1.29, 1.82) is 0 Å². The highest BCUT2D eigenvalue weighted by atomic mass is 19.4. The lowest BCUT2D eigenvalue weighted by molar-refractivity contribution is -0.184. The van der Waals surface area contributed by atoms with E-state index in [1.165, 1.54) is 6.33 Å². The normalized spacial score (nSPS) is 30.2. The van der Waals surface area contributed by atoms with Crippen molar-refractivity contribution in [2.75, 3.05) is 0 Å². The first-order chi connectivity index (χ1) is 7.92. The summed E-state index contributed by atoms with van der Waals surface area (Å²) in [6.07, 6.45) is 1.25. The second-order valence-electron chi connectivity index (χ2n) is 4.60. The van der Waals surface area contributed by atoms with Crippen molar-refractivity contribution in [3.8, 4) is 0 Å². The fraction of sp³-hybridized carbons (Fsp3) is 0.636. The Bertz CT molecular complexity index is 369. The average Bonchev–Trinajstić information content (AvgIpc) is 2.29. The van der Waals surface area contributed by atoms with Crippen molar-refractivity contribution < 1.29 is 13.2 Å². The monoisotopic (exact) mass is 245 g/mol. The Hall–Kier alpha value is -1.17. The first-order valence-corrected chi connectivity index (χ1v) is 5.53. The summed E-state index contributed by atoms with van der Waals surface area (Å²) in [6, 6.07) is 0. The maximum absolute atomic E-state index is 12.5. The lowest BCUT2D eigenvalue weighted by atomic mass is 9.74. The van der Waals surface area contributed by atoms with Gasteiger partial charge in [0.1, 0.15) is 6.33 Å². The van der Waals surface area contributed by atoms with Crippen LogP contribution < -0.4 is 5.73 Å². The van der Waals surface area contributed by atoms with Gasteiger partial charge in [-0.3, -0.25) is 0 Å². The molecule has 94 valence electrons. The standard InChI is InChI=1S/C11H14F3N3/c12-11(13,14)8-1-3-10(15,4-2-8)9-5-16-7-17-6-9/h5-8H,1-4,15H2. The Kier molecular flexibility index (Phi) is 3.07. The molecule has 1 aromatic rings. The zero-order valence-electron chi connectivity index (χ0n) is 9.24. The Morgan fingerprint density at radius 3 is 2.18 bits per heavy atom. The van der Waals surface area contributed by atoms with Crippen LogP contribution in [0.15, 0.2) is 18.7 Å². The van der Waals surface area contributed by atoms with Gasteiger partial charge in [-0.15, -0.1) is 0 Å². The molecule has 0 saturated heterocycles. The summed E-state index contributed by atoms with van der Waals surface area (Å²) in [5.74, 6) is -1.22. The summed E-state index contributed by atoms with van der Waals surface area (Å²) in [5.41, 5.74) is 6.16. The molecule has 17 heavy (non-hydrogen) atoms. The number of halogens is 3. The molecule has 0 radical (unpaired) electrons. The molecule has 3 nitrogen and oxygen atoms in total. The molecular formula is C11H14F3N3. The predicted molar refractivity (Wildman–Crippen MR) is 55.9 cm³/mol. The predicted octanol–water partition coefficient (Wildman–Crippen LogP) is 2.38. The van der Waals surface area contributed by atoms with Crippen LogP contribution in [0.3, 0.4) is 0 Å². The Morgan fingerprint density at radius 2 is 1.71 bits per heavy atom. The van der Waals surface area contributed by atoms with Crippen LogP contribution in [-0.4, -0.2) is 16.1 Å². The molecule has 0 bridgehead atoms. The number of nitrogens with zero attached hydrogens (tertiary/aromatic N) is 2. The van der Waals surface area contributed by atoms with Crippen LogP contribution in [0.2, 0.25) is 0 Å². The minimum atomic E-state index is -4.10. The smallest absolute Gasteiger partial charge is 0.321 e. The van der Waals surface area contributed by atoms with Gasteiger partial charge in [-0.05, 0) is 25.7 Å². The van der Waals surface area contributed by atoms with E-state index in [2.05, 4.69) is 9.97 Å². The maximum atomic E-state index is 12.5. The van der Waals surface area contributed by atoms with E-state index in [1.807, 2.05) is 0 Å². The minimum Gasteiger partial charge on any atom is -0.321 e. The number of nitrogens with two attached hydrogens (primary N) is 1. The van der Waals surface area contributed by atoms with Gasteiger partial charge in [0.15, 0.2) is 0 Å². The molecule has 1 fully saturated rings. The van der Waals surface area contributed by atoms with Crippen molar-refractivity contribution in [2.45, 2.75) is 37.4 Å². The van der Waals surface area contributed by atoms with Crippen molar-refractivity contribution in [1.82, 2.24) is 9.97 Å². The molecule has 1 saturated carbocycles. The average molecular weight is 245 g/mol. The summed E-state index contributed by atoms with van der Waals surface area (Å²) >= 11 is 0. The first-order valence-electron chi connectivity index (χ1n) is 5.53. The summed E-state index contributed by atoms with van der Waals surface area (Å²) in [5, 5.41) is 0. The third kappa shape index (κ3) is 2.57. The van der Waals surface area contributed by atoms with Gasteiger partial charge in [-0.25, -0.2) is 9.97 Å². The summed E-state index contributed by atoms with van der Waals surface area (Å²) in [4.78, 5) is 7.72. The van der Waals surface area contributed by atoms with E-state index in [-0.39, 0.29) is 12.8 Å². The van der Waals surface area contributed by atoms with E-state index < -0.39 is 17.6 Å². The summed E-state index contributed by atoms with van der Waals surface area (Å²) < 4.78 is 37.6. The molecule has 1 aliphatic carbocycles. The number of aromatic nitrogens is 2. The fourth-order valence-electron chi connectivity index (χ4n) is 2.31. The van der Waals surface area contributed by atoms with Gasteiger partial charge in [-0.1, -0.05) is 0 Å². The van der Waals surface area contributed by atoms with Crippen molar-refractivity contribution in [2.24, 2.45) is 11.7 Å². The molecular weight excluding hydrogens is 231 g/mol. The largest absolute Gasteiger partial charge is 0.391 e. The molecule has 0 atom stereocenters. The van der Waals surface area contributed by atoms with E-state index >= 15 is 0 Å². The lowest BCUT2D eigenvalue weighted by Gasteiger charge is -2.37. The van der Waals surface area contributed by atoms with Crippen molar-refractivity contribution >= 4 is 0 Å². The quantitative estimate of drug-likeness (QED) is 0.826. The fourth-order valence-corrected chi connectivity index (χ4v) is 2.31. The molecule has 0 aromatic carbocycles. The van der Waals surface area contributed by atoms with Crippen LogP contribution >= 0.6 is 0 Å². The number of rotatable bonds is 1. The molecule has 6 heteroatoms. The third-order valence-corrected chi connectivity index (χ3v) is 3.48. The zero-order chi connectivity index (χ0) is 12.5. The molecule has 2 N–H and O–H groups in total. The summed E-state index contributed by atoms with van der Waals surface area (Å²) in [7, 11) is 0. The third-order valence-electron chi connectivity index (χ3n) is 3.48. The van der Waals surface area contributed by atoms with Gasteiger partial charge in [-0.2, -0.15) is 13.2 Å². The molecule has 0 aliphatic heterocycles. The van der Waals surface area contributed by atoms with Gasteiger partial charge in [0.2, 0.25) is 0 Å². The first kappa shape index (κ1) is 12.3. The van der Waals surface area contributed by atoms with E-state index in [9.17, 15) is 13.2 Å². The highest BCUT2D eigenvalue weighted by molar-refractivity contribution is 5.17.